The van der Waals surface area contributed by atoms with Gasteiger partial charge in [0.1, 0.15) is 25.4 Å². The van der Waals surface area contributed by atoms with Gasteiger partial charge in [0.15, 0.2) is 6.10 Å². The van der Waals surface area contributed by atoms with E-state index in [1.807, 2.05) is 0 Å². The Bertz CT molecular complexity index is 2310. The van der Waals surface area contributed by atoms with Crippen LogP contribution >= 0.6 is 15.6 Å². The van der Waals surface area contributed by atoms with E-state index in [1.54, 1.807) is 0 Å². The van der Waals surface area contributed by atoms with E-state index in [0.717, 1.165) is 161 Å². The number of allylic oxidation sites excluding steroid dienone is 24. The van der Waals surface area contributed by atoms with E-state index in [4.69, 9.17) is 32.3 Å². The molecule has 0 radical (unpaired) electrons. The Morgan fingerprint density at radius 3 is 0.895 bits per heavy atom. The summed E-state index contributed by atoms with van der Waals surface area (Å²) >= 11 is 0. The van der Waals surface area contributed by atoms with Gasteiger partial charge in [-0.3, -0.25) is 32.5 Å². The van der Waals surface area contributed by atoms with Gasteiger partial charge < -0.3 is 34.2 Å². The summed E-state index contributed by atoms with van der Waals surface area (Å²) in [5, 5.41) is 20.6. The highest BCUT2D eigenvalue weighted by Gasteiger charge is 2.29. The van der Waals surface area contributed by atoms with Crippen molar-refractivity contribution in [2.45, 2.75) is 283 Å². The fourth-order valence-electron chi connectivity index (χ4n) is 9.07. The van der Waals surface area contributed by atoms with Gasteiger partial charge in [0.2, 0.25) is 0 Å². The molecule has 0 rings (SSSR count). The van der Waals surface area contributed by atoms with E-state index < -0.39 is 91.5 Å². The van der Waals surface area contributed by atoms with Gasteiger partial charge >= 0.3 is 33.6 Å². The maximum absolute atomic E-state index is 12.9. The third kappa shape index (κ3) is 70.6. The standard InChI is InChI=1S/C77H128O16P2/c1-4-7-10-13-16-19-22-25-27-29-31-32-33-34-35-36-37-38-40-42-43-46-48-51-54-57-60-63-75(80)87-66-72(78)67-89-94(83,84)90-68-73(79)69-91-95(85,86)92-71-74(93-77(82)65-62-59-56-53-50-45-24-21-18-15-12-9-6-3)70-88-76(81)64-61-58-55-52-49-47-44-41-39-30-28-26-23-20-17-14-11-8-5-2/h7-8,10-12,15-17,19-21,24-28,31-32,34-35,39,41,47,49,72-74,78-79H,4-6,9,13-14,18,22-23,29-30,33,36-38,40,42-46,48,50-71H2,1-3H3,(H,83,84)(H,85,86)/b10-7-,11-8-,15-12-,19-16-,20-17-,24-21-,27-25-,28-26-,32-31-,35-34-,41-39-,49-47-. The van der Waals surface area contributed by atoms with Crippen LogP contribution in [0.25, 0.3) is 0 Å². The molecule has 16 nitrogen and oxygen atoms in total. The number of hydrogen-bond acceptors (Lipinski definition) is 14. The molecule has 4 N–H and O–H groups in total. The molecule has 0 fully saturated rings. The summed E-state index contributed by atoms with van der Waals surface area (Å²) in [6.07, 6.45) is 83.3. The number of rotatable bonds is 67. The number of hydrogen-bond donors (Lipinski definition) is 4. The van der Waals surface area contributed by atoms with Crippen LogP contribution in [0.1, 0.15) is 265 Å². The molecule has 5 atom stereocenters. The first-order chi connectivity index (χ1) is 46.2. The number of phosphoric acid groups is 2. The van der Waals surface area contributed by atoms with Gasteiger partial charge in [-0.2, -0.15) is 0 Å². The second-order valence-corrected chi connectivity index (χ2v) is 26.5. The van der Waals surface area contributed by atoms with Crippen LogP contribution in [0.3, 0.4) is 0 Å². The van der Waals surface area contributed by atoms with Crippen molar-refractivity contribution in [1.82, 2.24) is 0 Å². The molecule has 0 aromatic heterocycles. The van der Waals surface area contributed by atoms with Gasteiger partial charge in [-0.05, 0) is 135 Å². The van der Waals surface area contributed by atoms with Crippen LogP contribution < -0.4 is 0 Å². The molecular formula is C77H128O16P2. The molecule has 0 spiro atoms. The average molecular weight is 1370 g/mol. The Morgan fingerprint density at radius 2 is 0.558 bits per heavy atom. The van der Waals surface area contributed by atoms with Crippen molar-refractivity contribution in [3.05, 3.63) is 146 Å². The molecule has 0 aromatic rings. The lowest BCUT2D eigenvalue weighted by atomic mass is 10.0. The van der Waals surface area contributed by atoms with Crippen LogP contribution in [0, 0.1) is 0 Å². The van der Waals surface area contributed by atoms with E-state index in [1.165, 1.54) is 44.9 Å². The molecular weight excluding hydrogens is 1240 g/mol. The van der Waals surface area contributed by atoms with Crippen LogP contribution in [0.5, 0.6) is 0 Å². The normalized spacial score (nSPS) is 15.0. The van der Waals surface area contributed by atoms with Crippen LogP contribution in [0.4, 0.5) is 0 Å². The predicted octanol–water partition coefficient (Wildman–Crippen LogP) is 20.5. The van der Waals surface area contributed by atoms with Gasteiger partial charge in [-0.1, -0.05) is 256 Å². The minimum absolute atomic E-state index is 0.0765. The lowest BCUT2D eigenvalue weighted by molar-refractivity contribution is -0.161. The molecule has 0 aliphatic heterocycles. The molecule has 95 heavy (non-hydrogen) atoms. The molecule has 0 heterocycles. The number of carbonyl (C=O) groups is 3. The number of phosphoric ester groups is 2. The summed E-state index contributed by atoms with van der Waals surface area (Å²) in [6, 6.07) is 0. The topological polar surface area (TPSA) is 231 Å². The molecule has 18 heteroatoms. The van der Waals surface area contributed by atoms with Crippen LogP contribution in [0.15, 0.2) is 146 Å². The highest BCUT2D eigenvalue weighted by molar-refractivity contribution is 7.47. The van der Waals surface area contributed by atoms with Crippen LogP contribution in [-0.2, 0) is 55.8 Å². The smallest absolute Gasteiger partial charge is 0.463 e. The monoisotopic (exact) mass is 1370 g/mol. The summed E-state index contributed by atoms with van der Waals surface area (Å²) in [4.78, 5) is 58.4. The number of ether oxygens (including phenoxy) is 3. The lowest BCUT2D eigenvalue weighted by Crippen LogP contribution is -2.30. The SMILES string of the molecule is CC/C=C\C/C=C\C/C=C\C/C=C\C/C=C\CCCCCCCCCCCCCC(=O)OCC(O)COP(=O)(O)OCC(O)COP(=O)(O)OCC(COC(=O)CCCCC/C=C\C/C=C\C/C=C\C/C=C\C/C=C\CC)OC(=O)CCCCCCC/C=C\C/C=C\CCC. The minimum Gasteiger partial charge on any atom is -0.463 e. The van der Waals surface area contributed by atoms with Crippen molar-refractivity contribution in [1.29, 1.82) is 0 Å². The van der Waals surface area contributed by atoms with Crippen molar-refractivity contribution in [2.24, 2.45) is 0 Å². The van der Waals surface area contributed by atoms with E-state index in [0.29, 0.717) is 19.3 Å². The maximum atomic E-state index is 12.9. The van der Waals surface area contributed by atoms with Crippen molar-refractivity contribution < 1.29 is 75.8 Å². The number of carbonyl (C=O) groups excluding carboxylic acids is 3. The Morgan fingerprint density at radius 1 is 0.305 bits per heavy atom. The molecule has 5 unspecified atom stereocenters. The quantitative estimate of drug-likeness (QED) is 0.0146. The van der Waals surface area contributed by atoms with Crippen molar-refractivity contribution in [3.63, 3.8) is 0 Å². The lowest BCUT2D eigenvalue weighted by Gasteiger charge is -2.21. The number of esters is 3. The first kappa shape index (κ1) is 90.4. The van der Waals surface area contributed by atoms with Crippen molar-refractivity contribution in [3.8, 4) is 0 Å². The first-order valence-electron chi connectivity index (χ1n) is 36.1. The predicted molar refractivity (Wildman–Crippen MR) is 389 cm³/mol. The molecule has 0 bridgehead atoms. The van der Waals surface area contributed by atoms with Crippen molar-refractivity contribution in [2.75, 3.05) is 39.6 Å². The molecule has 0 aliphatic rings. The number of aliphatic hydroxyl groups excluding tert-OH is 2. The van der Waals surface area contributed by atoms with Crippen molar-refractivity contribution >= 4 is 33.6 Å². The van der Waals surface area contributed by atoms with E-state index in [-0.39, 0.29) is 19.3 Å². The molecule has 542 valence electrons. The van der Waals surface area contributed by atoms with Gasteiger partial charge in [-0.15, -0.1) is 0 Å². The second-order valence-electron chi connectivity index (χ2n) is 23.6. The van der Waals surface area contributed by atoms with E-state index >= 15 is 0 Å². The largest absolute Gasteiger partial charge is 0.472 e. The zero-order chi connectivity index (χ0) is 69.5. The highest BCUT2D eigenvalue weighted by Crippen LogP contribution is 2.45. The van der Waals surface area contributed by atoms with Crippen LogP contribution in [0.2, 0.25) is 0 Å². The van der Waals surface area contributed by atoms with Gasteiger partial charge in [0.25, 0.3) is 0 Å². The van der Waals surface area contributed by atoms with Gasteiger partial charge in [0, 0.05) is 19.3 Å². The summed E-state index contributed by atoms with van der Waals surface area (Å²) < 4.78 is 60.9. The van der Waals surface area contributed by atoms with E-state index in [9.17, 15) is 43.5 Å². The fraction of sp³-hybridized carbons (Fsp3) is 0.649. The summed E-state index contributed by atoms with van der Waals surface area (Å²) in [5.41, 5.74) is 0. The maximum Gasteiger partial charge on any atom is 0.472 e. The molecule has 0 amide bonds. The van der Waals surface area contributed by atoms with Gasteiger partial charge in [-0.25, -0.2) is 9.13 Å². The number of unbranched alkanes of at least 4 members (excludes halogenated alkanes) is 20. The van der Waals surface area contributed by atoms with Crippen LogP contribution in [-0.4, -0.2) is 95.9 Å². The fourth-order valence-corrected chi connectivity index (χ4v) is 10.7. The summed E-state index contributed by atoms with van der Waals surface area (Å²) in [7, 11) is -9.80. The Kier molecular flexibility index (Phi) is 66.0. The Balaban J connectivity index is 4.57. The Labute approximate surface area is 575 Å². The highest BCUT2D eigenvalue weighted by atomic mass is 31.2. The van der Waals surface area contributed by atoms with E-state index in [2.05, 4.69) is 167 Å². The first-order valence-corrected chi connectivity index (χ1v) is 39.1. The molecule has 0 aromatic carbocycles. The molecule has 0 saturated heterocycles. The molecule has 0 saturated carbocycles. The zero-order valence-corrected chi connectivity index (χ0v) is 60.6. The minimum atomic E-state index is -4.94. The summed E-state index contributed by atoms with van der Waals surface area (Å²) in [5.74, 6) is -1.64. The van der Waals surface area contributed by atoms with Gasteiger partial charge in [0.05, 0.1) is 26.4 Å². The second kappa shape index (κ2) is 69.3. The Hall–Kier alpha value is -4.57. The zero-order valence-electron chi connectivity index (χ0n) is 58.8. The number of aliphatic hydroxyl groups is 2. The third-order valence-corrected chi connectivity index (χ3v) is 16.4. The summed E-state index contributed by atoms with van der Waals surface area (Å²) in [6.45, 7) is 2.30. The third-order valence-electron chi connectivity index (χ3n) is 14.5. The average Bonchev–Trinajstić information content (AvgIpc) is 1.81. The molecule has 0 aliphatic carbocycles.